The summed E-state index contributed by atoms with van der Waals surface area (Å²) in [5.74, 6) is -0.139. The van der Waals surface area contributed by atoms with Crippen LogP contribution in [0.25, 0.3) is 0 Å². The van der Waals surface area contributed by atoms with Gasteiger partial charge in [-0.05, 0) is 64.7 Å². The summed E-state index contributed by atoms with van der Waals surface area (Å²) in [5.41, 5.74) is -1.08. The molecule has 3 unspecified atom stereocenters. The van der Waals surface area contributed by atoms with Crippen molar-refractivity contribution in [2.45, 2.75) is 89.7 Å². The smallest absolute Gasteiger partial charge is 0.332 e. The molecule has 1 saturated heterocycles. The van der Waals surface area contributed by atoms with Gasteiger partial charge in [-0.25, -0.2) is 0 Å². The number of rotatable bonds is 7. The fourth-order valence-electron chi connectivity index (χ4n) is 4.16. The van der Waals surface area contributed by atoms with Crippen LogP contribution in [0.5, 0.6) is 0 Å². The van der Waals surface area contributed by atoms with Crippen molar-refractivity contribution in [2.75, 3.05) is 12.8 Å². The second-order valence-electron chi connectivity index (χ2n) is 9.81. The van der Waals surface area contributed by atoms with Crippen LogP contribution in [0.1, 0.15) is 74.1 Å². The first-order valence-corrected chi connectivity index (χ1v) is 12.0. The van der Waals surface area contributed by atoms with E-state index >= 15 is 0 Å². The van der Waals surface area contributed by atoms with Crippen LogP contribution in [0, 0.1) is 11.3 Å². The molecule has 0 bridgehead atoms. The molecule has 0 amide bonds. The highest BCUT2D eigenvalue weighted by atomic mass is 79.9. The van der Waals surface area contributed by atoms with E-state index < -0.39 is 23.1 Å². The Kier molecular flexibility index (Phi) is 6.17. The van der Waals surface area contributed by atoms with E-state index in [-0.39, 0.29) is 17.3 Å². The summed E-state index contributed by atoms with van der Waals surface area (Å²) >= 11 is 3.32. The molecule has 1 aliphatic carbocycles. The number of carbonyl (C=O) groups is 1. The molecule has 0 aromatic heterocycles. The van der Waals surface area contributed by atoms with E-state index in [1.54, 1.807) is 13.8 Å². The van der Waals surface area contributed by atoms with Crippen LogP contribution in [-0.2, 0) is 23.1 Å². The molecular formula is C19H34BrO5P. The normalized spacial score (nSPS) is 36.0. The second kappa shape index (κ2) is 7.17. The number of esters is 1. The predicted molar refractivity (Wildman–Crippen MR) is 107 cm³/mol. The van der Waals surface area contributed by atoms with Crippen LogP contribution in [0.4, 0.5) is 0 Å². The van der Waals surface area contributed by atoms with Crippen molar-refractivity contribution in [1.82, 2.24) is 0 Å². The van der Waals surface area contributed by atoms with Gasteiger partial charge in [-0.15, -0.1) is 0 Å². The van der Waals surface area contributed by atoms with Crippen LogP contribution in [-0.4, -0.2) is 34.3 Å². The lowest BCUT2D eigenvalue weighted by Crippen LogP contribution is -2.41. The van der Waals surface area contributed by atoms with E-state index in [0.29, 0.717) is 12.8 Å². The quantitative estimate of drug-likeness (QED) is 0.281. The Hall–Kier alpha value is 0.1000. The third kappa shape index (κ3) is 4.92. The monoisotopic (exact) mass is 452 g/mol. The number of halogens is 1. The van der Waals surface area contributed by atoms with Gasteiger partial charge >= 0.3 is 13.6 Å². The Morgan fingerprint density at radius 2 is 1.69 bits per heavy atom. The number of carbonyl (C=O) groups excluding carboxylic acids is 1. The molecule has 26 heavy (non-hydrogen) atoms. The molecule has 1 saturated carbocycles. The molecule has 3 atom stereocenters. The lowest BCUT2D eigenvalue weighted by Gasteiger charge is -2.29. The first-order chi connectivity index (χ1) is 11.6. The fraction of sp³-hybridized carbons (Fsp3) is 0.947. The zero-order chi connectivity index (χ0) is 20.0. The largest absolute Gasteiger partial charge is 0.464 e. The number of hydrogen-bond donors (Lipinski definition) is 0. The molecule has 0 aromatic carbocycles. The van der Waals surface area contributed by atoms with Crippen LogP contribution < -0.4 is 0 Å². The highest BCUT2D eigenvalue weighted by Gasteiger charge is 2.62. The van der Waals surface area contributed by atoms with Crippen LogP contribution in [0.15, 0.2) is 0 Å². The van der Waals surface area contributed by atoms with E-state index in [1.165, 1.54) is 0 Å². The first-order valence-electron chi connectivity index (χ1n) is 9.47. The lowest BCUT2D eigenvalue weighted by atomic mass is 9.85. The van der Waals surface area contributed by atoms with Gasteiger partial charge in [-0.3, -0.25) is 18.4 Å². The number of hydrogen-bond acceptors (Lipinski definition) is 5. The van der Waals surface area contributed by atoms with Crippen LogP contribution >= 0.6 is 23.5 Å². The second-order valence-corrected chi connectivity index (χ2v) is 13.7. The molecule has 2 aliphatic rings. The van der Waals surface area contributed by atoms with Gasteiger partial charge in [0.2, 0.25) is 0 Å². The van der Waals surface area contributed by atoms with Gasteiger partial charge in [0.15, 0.2) is 0 Å². The van der Waals surface area contributed by atoms with E-state index in [1.807, 2.05) is 13.8 Å². The fourth-order valence-corrected chi connectivity index (χ4v) is 7.15. The van der Waals surface area contributed by atoms with Gasteiger partial charge in [-0.1, -0.05) is 36.7 Å². The van der Waals surface area contributed by atoms with Crippen molar-refractivity contribution in [2.24, 2.45) is 11.3 Å². The topological polar surface area (TPSA) is 61.8 Å². The third-order valence-corrected chi connectivity index (χ3v) is 8.38. The van der Waals surface area contributed by atoms with Crippen LogP contribution in [0.2, 0.25) is 0 Å². The molecule has 0 aromatic rings. The van der Waals surface area contributed by atoms with Crippen molar-refractivity contribution < 1.29 is 23.1 Å². The molecule has 152 valence electrons. The summed E-state index contributed by atoms with van der Waals surface area (Å²) < 4.78 is 30.0. The van der Waals surface area contributed by atoms with E-state index in [2.05, 4.69) is 36.7 Å². The molecule has 7 heteroatoms. The summed E-state index contributed by atoms with van der Waals surface area (Å²) in [7, 11) is -3.10. The molecule has 2 fully saturated rings. The summed E-state index contributed by atoms with van der Waals surface area (Å²) in [6.45, 7) is 14.1. The molecule has 2 rings (SSSR count). The molecule has 0 N–H and O–H groups in total. The molecule has 1 aliphatic heterocycles. The minimum absolute atomic E-state index is 0.137. The lowest BCUT2D eigenvalue weighted by molar-refractivity contribution is -0.148. The van der Waals surface area contributed by atoms with Crippen molar-refractivity contribution in [1.29, 1.82) is 0 Å². The van der Waals surface area contributed by atoms with Crippen LogP contribution in [0.3, 0.4) is 0 Å². The van der Waals surface area contributed by atoms with Gasteiger partial charge in [0, 0.05) is 0 Å². The minimum Gasteiger partial charge on any atom is -0.464 e. The zero-order valence-electron chi connectivity index (χ0n) is 17.2. The van der Waals surface area contributed by atoms with Gasteiger partial charge in [0.25, 0.3) is 0 Å². The summed E-state index contributed by atoms with van der Waals surface area (Å²) in [5, 5.41) is 0. The third-order valence-electron chi connectivity index (χ3n) is 5.62. The Morgan fingerprint density at radius 3 is 2.15 bits per heavy atom. The maximum Gasteiger partial charge on any atom is 0.332 e. The minimum atomic E-state index is -3.10. The molecular weight excluding hydrogens is 419 g/mol. The Labute approximate surface area is 166 Å². The standard InChI is InChI=1S/C19H34BrO5P/c1-14(11-16(2,3)13-23-15(21)17(4,5)20)12-26(22)24-18(6)9-8-10-19(18,7)25-26/h14H,8-13H2,1-7H3. The molecule has 5 nitrogen and oxygen atoms in total. The maximum absolute atomic E-state index is 13.2. The predicted octanol–water partition coefficient (Wildman–Crippen LogP) is 5.70. The molecule has 1 heterocycles. The highest BCUT2D eigenvalue weighted by Crippen LogP contribution is 2.69. The SMILES string of the molecule is CC(CC(C)(C)COC(=O)C(C)(C)Br)CP1(=O)OC2(C)CCCC2(C)O1. The van der Waals surface area contributed by atoms with Gasteiger partial charge in [0.1, 0.15) is 15.5 Å². The van der Waals surface area contributed by atoms with E-state index in [9.17, 15) is 9.36 Å². The number of ether oxygens (including phenoxy) is 1. The average molecular weight is 453 g/mol. The van der Waals surface area contributed by atoms with E-state index in [4.69, 9.17) is 13.8 Å². The Bertz CT molecular complexity index is 577. The molecule has 0 spiro atoms. The zero-order valence-corrected chi connectivity index (χ0v) is 19.7. The summed E-state index contributed by atoms with van der Waals surface area (Å²) in [6.07, 6.45) is 4.01. The van der Waals surface area contributed by atoms with Crippen molar-refractivity contribution >= 4 is 29.5 Å². The van der Waals surface area contributed by atoms with Gasteiger partial charge in [0.05, 0.1) is 12.8 Å². The Balaban J connectivity index is 1.91. The molecule has 0 radical (unpaired) electrons. The van der Waals surface area contributed by atoms with Crippen molar-refractivity contribution in [3.63, 3.8) is 0 Å². The first kappa shape index (κ1) is 22.4. The van der Waals surface area contributed by atoms with Gasteiger partial charge in [-0.2, -0.15) is 0 Å². The summed E-state index contributed by atoms with van der Waals surface area (Å²) in [4.78, 5) is 12.0. The highest BCUT2D eigenvalue weighted by molar-refractivity contribution is 9.10. The van der Waals surface area contributed by atoms with Crippen molar-refractivity contribution in [3.8, 4) is 0 Å². The number of fused-ring (bicyclic) bond motifs is 1. The van der Waals surface area contributed by atoms with Gasteiger partial charge < -0.3 is 4.74 Å². The van der Waals surface area contributed by atoms with Crippen molar-refractivity contribution in [3.05, 3.63) is 0 Å². The summed E-state index contributed by atoms with van der Waals surface area (Å²) in [6, 6.07) is 0. The van der Waals surface area contributed by atoms with E-state index in [0.717, 1.165) is 25.7 Å². The Morgan fingerprint density at radius 1 is 1.19 bits per heavy atom. The maximum atomic E-state index is 13.2. The number of alkyl halides is 1. The average Bonchev–Trinajstić information content (AvgIpc) is 2.77.